The largest absolute Gasteiger partial charge is 0.341 e. The van der Waals surface area contributed by atoms with Gasteiger partial charge < -0.3 is 9.80 Å². The van der Waals surface area contributed by atoms with E-state index in [1.165, 1.54) is 30.9 Å². The third-order valence-corrected chi connectivity index (χ3v) is 6.65. The summed E-state index contributed by atoms with van der Waals surface area (Å²) in [4.78, 5) is 58.3. The predicted molar refractivity (Wildman–Crippen MR) is 110 cm³/mol. The molecule has 10 heteroatoms. The smallest absolute Gasteiger partial charge is 0.332 e. The molecule has 2 saturated heterocycles. The predicted octanol–water partition coefficient (Wildman–Crippen LogP) is 0.160. The summed E-state index contributed by atoms with van der Waals surface area (Å²) in [5, 5.41) is 0.200. The summed E-state index contributed by atoms with van der Waals surface area (Å²) in [6.07, 6.45) is 4.49. The summed E-state index contributed by atoms with van der Waals surface area (Å²) in [5.74, 6) is 0.663. The van der Waals surface area contributed by atoms with Crippen molar-refractivity contribution < 1.29 is 9.59 Å². The maximum absolute atomic E-state index is 13.2. The fourth-order valence-electron chi connectivity index (χ4n) is 3.92. The quantitative estimate of drug-likeness (QED) is 0.691. The van der Waals surface area contributed by atoms with Gasteiger partial charge in [0.15, 0.2) is 0 Å². The number of carbonyl (C=O) groups excluding carboxylic acids is 2. The number of piperidine rings is 1. The van der Waals surface area contributed by atoms with E-state index in [1.54, 1.807) is 16.7 Å². The molecule has 1 atom stereocenters. The number of likely N-dealkylation sites (tertiary alicyclic amines) is 1. The molecular formula is C19H23N5O4S. The van der Waals surface area contributed by atoms with Crippen molar-refractivity contribution in [2.45, 2.75) is 25.3 Å². The summed E-state index contributed by atoms with van der Waals surface area (Å²) in [6.45, 7) is 1.48. The number of thioether (sulfide) groups is 1. The van der Waals surface area contributed by atoms with Gasteiger partial charge in [-0.2, -0.15) is 0 Å². The van der Waals surface area contributed by atoms with Gasteiger partial charge in [0, 0.05) is 39.1 Å². The topological polar surface area (TPSA) is 97.5 Å². The zero-order valence-corrected chi connectivity index (χ0v) is 17.3. The molecular weight excluding hydrogens is 394 g/mol. The molecule has 2 aromatic rings. The number of pyridine rings is 1. The van der Waals surface area contributed by atoms with E-state index in [2.05, 4.69) is 4.98 Å². The molecule has 2 amide bonds. The van der Waals surface area contributed by atoms with Crippen LogP contribution in [0, 0.1) is 0 Å². The molecule has 1 unspecified atom stereocenters. The summed E-state index contributed by atoms with van der Waals surface area (Å²) < 4.78 is 2.27. The Labute approximate surface area is 171 Å². The molecule has 2 aromatic heterocycles. The Morgan fingerprint density at radius 3 is 2.55 bits per heavy atom. The standard InChI is InChI=1S/C19H23N5O4S/c1-21-15-13(17(26)22(2)19(21)28)8-12(9-20-15)16(25)24-11-29-10-14(24)18(27)23-6-4-3-5-7-23/h8-9,14H,3-7,10-11H2,1-2H3. The van der Waals surface area contributed by atoms with Crippen LogP contribution in [-0.2, 0) is 18.9 Å². The molecule has 0 aliphatic carbocycles. The lowest BCUT2D eigenvalue weighted by molar-refractivity contribution is -0.135. The first kappa shape index (κ1) is 19.7. The number of rotatable bonds is 2. The number of carbonyl (C=O) groups is 2. The van der Waals surface area contributed by atoms with E-state index in [4.69, 9.17) is 0 Å². The highest BCUT2D eigenvalue weighted by Gasteiger charge is 2.38. The molecule has 0 radical (unpaired) electrons. The van der Waals surface area contributed by atoms with E-state index in [0.29, 0.717) is 11.6 Å². The Bertz CT molecular complexity index is 1100. The molecule has 4 rings (SSSR count). The van der Waals surface area contributed by atoms with E-state index in [9.17, 15) is 19.2 Å². The van der Waals surface area contributed by atoms with Crippen molar-refractivity contribution in [1.29, 1.82) is 0 Å². The molecule has 2 fully saturated rings. The third-order valence-electron chi connectivity index (χ3n) is 5.64. The average Bonchev–Trinajstić information content (AvgIpc) is 3.25. The molecule has 9 nitrogen and oxygen atoms in total. The second-order valence-corrected chi connectivity index (χ2v) is 8.48. The zero-order chi connectivity index (χ0) is 20.7. The van der Waals surface area contributed by atoms with E-state index < -0.39 is 17.3 Å². The van der Waals surface area contributed by atoms with Gasteiger partial charge in [-0.25, -0.2) is 9.78 Å². The van der Waals surface area contributed by atoms with Crippen LogP contribution in [0.1, 0.15) is 29.6 Å². The molecule has 0 aromatic carbocycles. The molecule has 0 bridgehead atoms. The Morgan fingerprint density at radius 2 is 1.83 bits per heavy atom. The van der Waals surface area contributed by atoms with Crippen LogP contribution in [0.5, 0.6) is 0 Å². The van der Waals surface area contributed by atoms with Crippen LogP contribution in [-0.4, -0.2) is 66.5 Å². The summed E-state index contributed by atoms with van der Waals surface area (Å²) >= 11 is 1.55. The Balaban J connectivity index is 1.66. The van der Waals surface area contributed by atoms with Crippen molar-refractivity contribution in [2.75, 3.05) is 24.7 Å². The van der Waals surface area contributed by atoms with Gasteiger partial charge in [-0.1, -0.05) is 0 Å². The number of aromatic nitrogens is 3. The first-order valence-electron chi connectivity index (χ1n) is 9.63. The minimum Gasteiger partial charge on any atom is -0.341 e. The second kappa shape index (κ2) is 7.66. The lowest BCUT2D eigenvalue weighted by Crippen LogP contribution is -2.50. The van der Waals surface area contributed by atoms with Gasteiger partial charge in [0.2, 0.25) is 5.91 Å². The number of hydrogen-bond donors (Lipinski definition) is 0. The fourth-order valence-corrected chi connectivity index (χ4v) is 5.07. The number of amides is 2. The van der Waals surface area contributed by atoms with Gasteiger partial charge in [-0.05, 0) is 25.3 Å². The van der Waals surface area contributed by atoms with Gasteiger partial charge in [0.25, 0.3) is 11.5 Å². The first-order chi connectivity index (χ1) is 13.9. The molecule has 29 heavy (non-hydrogen) atoms. The zero-order valence-electron chi connectivity index (χ0n) is 16.5. The van der Waals surface area contributed by atoms with Crippen LogP contribution < -0.4 is 11.2 Å². The van der Waals surface area contributed by atoms with Gasteiger partial charge in [-0.3, -0.25) is 23.5 Å². The van der Waals surface area contributed by atoms with Crippen molar-refractivity contribution in [3.8, 4) is 0 Å². The molecule has 0 N–H and O–H groups in total. The first-order valence-corrected chi connectivity index (χ1v) is 10.8. The number of aryl methyl sites for hydroxylation is 1. The van der Waals surface area contributed by atoms with Crippen LogP contribution in [0.2, 0.25) is 0 Å². The molecule has 2 aliphatic heterocycles. The van der Waals surface area contributed by atoms with Crippen molar-refractivity contribution in [1.82, 2.24) is 23.9 Å². The van der Waals surface area contributed by atoms with E-state index in [0.717, 1.165) is 36.9 Å². The lowest BCUT2D eigenvalue weighted by Gasteiger charge is -2.32. The van der Waals surface area contributed by atoms with Crippen molar-refractivity contribution >= 4 is 34.6 Å². The van der Waals surface area contributed by atoms with Crippen LogP contribution in [0.15, 0.2) is 21.9 Å². The van der Waals surface area contributed by atoms with Crippen LogP contribution in [0.25, 0.3) is 11.0 Å². The van der Waals surface area contributed by atoms with Gasteiger partial charge >= 0.3 is 5.69 Å². The third kappa shape index (κ3) is 3.35. The van der Waals surface area contributed by atoms with Crippen LogP contribution in [0.4, 0.5) is 0 Å². The Morgan fingerprint density at radius 1 is 1.10 bits per heavy atom. The molecule has 2 aliphatic rings. The highest BCUT2D eigenvalue weighted by molar-refractivity contribution is 7.99. The molecule has 154 valence electrons. The molecule has 4 heterocycles. The second-order valence-electron chi connectivity index (χ2n) is 7.48. The van der Waals surface area contributed by atoms with E-state index in [1.807, 2.05) is 4.90 Å². The van der Waals surface area contributed by atoms with Crippen LogP contribution in [0.3, 0.4) is 0 Å². The van der Waals surface area contributed by atoms with E-state index >= 15 is 0 Å². The van der Waals surface area contributed by atoms with Crippen molar-refractivity contribution in [2.24, 2.45) is 14.1 Å². The average molecular weight is 417 g/mol. The normalized spacial score (nSPS) is 19.7. The van der Waals surface area contributed by atoms with Gasteiger partial charge in [-0.15, -0.1) is 11.8 Å². The lowest BCUT2D eigenvalue weighted by atomic mass is 10.1. The minimum absolute atomic E-state index is 0.00453. The van der Waals surface area contributed by atoms with Crippen molar-refractivity contribution in [3.63, 3.8) is 0 Å². The maximum atomic E-state index is 13.2. The Hall–Kier alpha value is -2.62. The summed E-state index contributed by atoms with van der Waals surface area (Å²) in [5.41, 5.74) is -0.502. The highest BCUT2D eigenvalue weighted by atomic mass is 32.2. The molecule has 0 spiro atoms. The number of fused-ring (bicyclic) bond motifs is 1. The fraction of sp³-hybridized carbons (Fsp3) is 0.526. The van der Waals surface area contributed by atoms with E-state index in [-0.39, 0.29) is 28.4 Å². The highest BCUT2D eigenvalue weighted by Crippen LogP contribution is 2.26. The van der Waals surface area contributed by atoms with Gasteiger partial charge in [0.1, 0.15) is 11.7 Å². The van der Waals surface area contributed by atoms with Gasteiger partial charge in [0.05, 0.1) is 16.8 Å². The van der Waals surface area contributed by atoms with Crippen LogP contribution >= 0.6 is 11.8 Å². The number of nitrogens with zero attached hydrogens (tertiary/aromatic N) is 5. The number of hydrogen-bond acceptors (Lipinski definition) is 6. The maximum Gasteiger partial charge on any atom is 0.332 e. The van der Waals surface area contributed by atoms with Crippen molar-refractivity contribution in [3.05, 3.63) is 38.7 Å². The summed E-state index contributed by atoms with van der Waals surface area (Å²) in [6, 6.07) is 0.974. The monoisotopic (exact) mass is 417 g/mol. The SMILES string of the molecule is Cn1c(=O)c2cc(C(=O)N3CSCC3C(=O)N3CCCCC3)cnc2n(C)c1=O. The molecule has 0 saturated carbocycles. The minimum atomic E-state index is -0.498. The summed E-state index contributed by atoms with van der Waals surface area (Å²) in [7, 11) is 2.92. The Kier molecular flexibility index (Phi) is 5.20.